The molecule has 0 aromatic rings. The Hall–Kier alpha value is -1.03. The maximum Gasteiger partial charge on any atom is 2.00 e. The van der Waals surface area contributed by atoms with Crippen molar-refractivity contribution in [2.45, 2.75) is 6.42 Å². The van der Waals surface area contributed by atoms with Gasteiger partial charge in [-0.3, -0.25) is 20.2 Å². The first kappa shape index (κ1) is 20.0. The molecule has 1 radical (unpaired) electrons. The molecular weight excluding hydrogens is 352 g/mol. The standard InChI is InChI=1S/C13H24N6O3.Cu/c20-10-13(11(21)19-12(22)18-10)8-16-6-4-14-2-1-3-15-5-7-17-9-13;/h14-17H,1-9H2,(H2,18,19,20,21,22);/q;+2. The van der Waals surface area contributed by atoms with E-state index in [1.165, 1.54) is 0 Å². The molecule has 4 amide bonds. The van der Waals surface area contributed by atoms with Crippen LogP contribution in [0.5, 0.6) is 0 Å². The van der Waals surface area contributed by atoms with E-state index in [0.717, 1.165) is 32.6 Å². The Morgan fingerprint density at radius 1 is 0.652 bits per heavy atom. The normalized spacial score (nSPS) is 24.1. The number of carbonyl (C=O) groups excluding carboxylic acids is 3. The molecule has 2 heterocycles. The molecule has 6 N–H and O–H groups in total. The van der Waals surface area contributed by atoms with Gasteiger partial charge >= 0.3 is 23.1 Å². The van der Waals surface area contributed by atoms with Crippen LogP contribution in [0.3, 0.4) is 0 Å². The fourth-order valence-corrected chi connectivity index (χ4v) is 2.51. The molecule has 10 heteroatoms. The Labute approximate surface area is 145 Å². The van der Waals surface area contributed by atoms with E-state index in [1.54, 1.807) is 0 Å². The molecule has 9 nitrogen and oxygen atoms in total. The predicted octanol–water partition coefficient (Wildman–Crippen LogP) is -2.90. The molecule has 0 aromatic heterocycles. The molecule has 133 valence electrons. The monoisotopic (exact) mass is 375 g/mol. The summed E-state index contributed by atoms with van der Waals surface area (Å²) >= 11 is 0. The predicted molar refractivity (Wildman–Crippen MR) is 80.2 cm³/mol. The third-order valence-corrected chi connectivity index (χ3v) is 3.84. The van der Waals surface area contributed by atoms with E-state index in [2.05, 4.69) is 31.9 Å². The van der Waals surface area contributed by atoms with Crippen LogP contribution in [0, 0.1) is 5.41 Å². The van der Waals surface area contributed by atoms with Crippen LogP contribution < -0.4 is 31.9 Å². The van der Waals surface area contributed by atoms with Gasteiger partial charge in [0.15, 0.2) is 5.41 Å². The van der Waals surface area contributed by atoms with Gasteiger partial charge in [0, 0.05) is 39.3 Å². The number of nitrogens with one attached hydrogen (secondary N) is 6. The maximum absolute atomic E-state index is 12.2. The van der Waals surface area contributed by atoms with Gasteiger partial charge in [-0.2, -0.15) is 0 Å². The summed E-state index contributed by atoms with van der Waals surface area (Å²) in [5.74, 6) is -1.12. The van der Waals surface area contributed by atoms with Crippen LogP contribution >= 0.6 is 0 Å². The van der Waals surface area contributed by atoms with Gasteiger partial charge < -0.3 is 21.3 Å². The minimum atomic E-state index is -1.31. The second-order valence-corrected chi connectivity index (χ2v) is 5.53. The van der Waals surface area contributed by atoms with Crippen molar-refractivity contribution in [3.8, 4) is 0 Å². The molecule has 2 rings (SSSR count). The molecule has 0 aromatic carbocycles. The van der Waals surface area contributed by atoms with Crippen LogP contribution in [0.2, 0.25) is 0 Å². The number of rotatable bonds is 0. The van der Waals surface area contributed by atoms with Gasteiger partial charge in [-0.15, -0.1) is 0 Å². The third kappa shape index (κ3) is 5.52. The van der Waals surface area contributed by atoms with Crippen LogP contribution in [0.25, 0.3) is 0 Å². The van der Waals surface area contributed by atoms with Gasteiger partial charge in [0.2, 0.25) is 11.8 Å². The van der Waals surface area contributed by atoms with Crippen molar-refractivity contribution < 1.29 is 31.5 Å². The number of hydrogen-bond donors (Lipinski definition) is 6. The number of barbiturate groups is 1. The first-order valence-corrected chi connectivity index (χ1v) is 7.65. The SMILES string of the molecule is O=C1NC(=O)C2(CNCCNCCCNCCNC2)C(=O)N1.[Cu+2]. The Balaban J connectivity index is 0.00000264. The minimum Gasteiger partial charge on any atom is -0.315 e. The minimum absolute atomic E-state index is 0. The van der Waals surface area contributed by atoms with E-state index in [1.807, 2.05) is 0 Å². The van der Waals surface area contributed by atoms with E-state index in [0.29, 0.717) is 13.1 Å². The quantitative estimate of drug-likeness (QED) is 0.198. The fourth-order valence-electron chi connectivity index (χ4n) is 2.51. The average molecular weight is 376 g/mol. The van der Waals surface area contributed by atoms with Crippen LogP contribution in [-0.2, 0) is 26.7 Å². The molecule has 1 spiro atoms. The summed E-state index contributed by atoms with van der Waals surface area (Å²) in [4.78, 5) is 35.7. The molecular formula is C13H24CuN6O3+2. The van der Waals surface area contributed by atoms with Gasteiger partial charge in [-0.1, -0.05) is 0 Å². The zero-order valence-electron chi connectivity index (χ0n) is 12.9. The molecule has 0 aliphatic carbocycles. The van der Waals surface area contributed by atoms with Crippen molar-refractivity contribution >= 4 is 17.8 Å². The third-order valence-electron chi connectivity index (χ3n) is 3.84. The zero-order chi connectivity index (χ0) is 15.8. The van der Waals surface area contributed by atoms with Gasteiger partial charge in [-0.25, -0.2) is 4.79 Å². The molecule has 0 unspecified atom stereocenters. The van der Waals surface area contributed by atoms with Gasteiger partial charge in [-0.05, 0) is 19.5 Å². The molecule has 23 heavy (non-hydrogen) atoms. The maximum atomic E-state index is 12.2. The number of urea groups is 1. The summed E-state index contributed by atoms with van der Waals surface area (Å²) in [5.41, 5.74) is -1.31. The molecule has 2 fully saturated rings. The van der Waals surface area contributed by atoms with Crippen molar-refractivity contribution in [2.24, 2.45) is 5.41 Å². The Morgan fingerprint density at radius 2 is 1.09 bits per heavy atom. The summed E-state index contributed by atoms with van der Waals surface area (Å²) in [7, 11) is 0. The fraction of sp³-hybridized carbons (Fsp3) is 0.769. The molecule has 2 aliphatic heterocycles. The molecule has 0 atom stereocenters. The molecule has 2 aliphatic rings. The zero-order valence-corrected chi connectivity index (χ0v) is 13.8. The Bertz CT molecular complexity index is 398. The summed E-state index contributed by atoms with van der Waals surface area (Å²) in [5, 5.41) is 17.2. The summed E-state index contributed by atoms with van der Waals surface area (Å²) in [6, 6.07) is -0.761. The number of amides is 4. The Morgan fingerprint density at radius 3 is 1.57 bits per heavy atom. The second-order valence-electron chi connectivity index (χ2n) is 5.53. The van der Waals surface area contributed by atoms with E-state index in [-0.39, 0.29) is 30.2 Å². The van der Waals surface area contributed by atoms with E-state index in [9.17, 15) is 14.4 Å². The number of carbonyl (C=O) groups is 3. The van der Waals surface area contributed by atoms with Crippen molar-refractivity contribution in [2.75, 3.05) is 52.4 Å². The van der Waals surface area contributed by atoms with E-state index in [4.69, 9.17) is 0 Å². The Kier molecular flexibility index (Phi) is 8.67. The van der Waals surface area contributed by atoms with Crippen LogP contribution in [0.4, 0.5) is 4.79 Å². The first-order chi connectivity index (χ1) is 10.6. The summed E-state index contributed by atoms with van der Waals surface area (Å²) in [6.07, 6.45) is 1.05. The molecule has 0 saturated carbocycles. The second kappa shape index (κ2) is 9.96. The number of imide groups is 2. The summed E-state index contributed by atoms with van der Waals surface area (Å²) < 4.78 is 0. The largest absolute Gasteiger partial charge is 2.00 e. The smallest absolute Gasteiger partial charge is 0.315 e. The first-order valence-electron chi connectivity index (χ1n) is 7.65. The van der Waals surface area contributed by atoms with Crippen molar-refractivity contribution in [3.05, 3.63) is 0 Å². The number of hydrogen-bond acceptors (Lipinski definition) is 7. The average Bonchev–Trinajstić information content (AvgIpc) is 2.48. The van der Waals surface area contributed by atoms with Crippen molar-refractivity contribution in [1.29, 1.82) is 0 Å². The van der Waals surface area contributed by atoms with E-state index < -0.39 is 23.3 Å². The van der Waals surface area contributed by atoms with Crippen molar-refractivity contribution in [3.63, 3.8) is 0 Å². The van der Waals surface area contributed by atoms with Gasteiger partial charge in [0.25, 0.3) is 0 Å². The van der Waals surface area contributed by atoms with E-state index >= 15 is 0 Å². The van der Waals surface area contributed by atoms with Gasteiger partial charge in [0.1, 0.15) is 0 Å². The van der Waals surface area contributed by atoms with Crippen LogP contribution in [0.1, 0.15) is 6.42 Å². The molecule has 2 saturated heterocycles. The summed E-state index contributed by atoms with van der Waals surface area (Å²) in [6.45, 7) is 5.00. The molecule has 0 bridgehead atoms. The van der Waals surface area contributed by atoms with Gasteiger partial charge in [0.05, 0.1) is 0 Å². The van der Waals surface area contributed by atoms with Crippen LogP contribution in [-0.4, -0.2) is 70.2 Å². The topological polar surface area (TPSA) is 123 Å². The van der Waals surface area contributed by atoms with Crippen LogP contribution in [0.15, 0.2) is 0 Å². The van der Waals surface area contributed by atoms with Crippen molar-refractivity contribution in [1.82, 2.24) is 31.9 Å².